The number of rotatable bonds is 5. The second-order valence-electron chi connectivity index (χ2n) is 4.54. The Bertz CT molecular complexity index is 520. The van der Waals surface area contributed by atoms with E-state index < -0.39 is 0 Å². The van der Waals surface area contributed by atoms with Gasteiger partial charge in [-0.05, 0) is 37.6 Å². The average molecular weight is 261 g/mol. The number of nitrogens with one attached hydrogen (secondary N) is 1. The van der Waals surface area contributed by atoms with Gasteiger partial charge in [0.15, 0.2) is 0 Å². The van der Waals surface area contributed by atoms with E-state index in [-0.39, 0.29) is 0 Å². The van der Waals surface area contributed by atoms with Gasteiger partial charge >= 0.3 is 0 Å². The number of benzene rings is 1. The van der Waals surface area contributed by atoms with Crippen molar-refractivity contribution in [1.82, 2.24) is 15.5 Å². The van der Waals surface area contributed by atoms with Crippen LogP contribution in [0.4, 0.5) is 0 Å². The maximum Gasteiger partial charge on any atom is 0.121 e. The van der Waals surface area contributed by atoms with Gasteiger partial charge in [-0.25, -0.2) is 0 Å². The van der Waals surface area contributed by atoms with Gasteiger partial charge in [-0.2, -0.15) is 0 Å². The average Bonchev–Trinajstić information content (AvgIpc) is 2.79. The largest absolute Gasteiger partial charge is 0.319 e. The zero-order valence-electron chi connectivity index (χ0n) is 11.2. The zero-order chi connectivity index (χ0) is 13.0. The van der Waals surface area contributed by atoms with Crippen molar-refractivity contribution in [2.24, 2.45) is 0 Å². The molecule has 0 saturated carbocycles. The van der Waals surface area contributed by atoms with Crippen LogP contribution in [-0.4, -0.2) is 23.8 Å². The second kappa shape index (κ2) is 6.07. The highest BCUT2D eigenvalue weighted by Crippen LogP contribution is 2.17. The van der Waals surface area contributed by atoms with E-state index in [1.165, 1.54) is 16.7 Å². The summed E-state index contributed by atoms with van der Waals surface area (Å²) in [5.41, 5.74) is 3.99. The van der Waals surface area contributed by atoms with E-state index in [9.17, 15) is 0 Å². The minimum absolute atomic E-state index is 0.887. The molecule has 0 saturated heterocycles. The van der Waals surface area contributed by atoms with Gasteiger partial charge in [-0.1, -0.05) is 18.2 Å². The fraction of sp³-hybridized carbons (Fsp3) is 0.429. The monoisotopic (exact) mass is 261 g/mol. The smallest absolute Gasteiger partial charge is 0.121 e. The molecular formula is C14H19N3S. The van der Waals surface area contributed by atoms with E-state index in [0.717, 1.165) is 29.4 Å². The van der Waals surface area contributed by atoms with Crippen LogP contribution in [0.5, 0.6) is 0 Å². The summed E-state index contributed by atoms with van der Waals surface area (Å²) >= 11 is 1.72. The summed E-state index contributed by atoms with van der Waals surface area (Å²) in [6.45, 7) is 5.25. The Balaban J connectivity index is 2.04. The summed E-state index contributed by atoms with van der Waals surface area (Å²) in [5, 5.41) is 13.8. The van der Waals surface area contributed by atoms with Crippen molar-refractivity contribution in [2.75, 3.05) is 13.6 Å². The van der Waals surface area contributed by atoms with Crippen molar-refractivity contribution in [3.05, 3.63) is 44.9 Å². The third-order valence-electron chi connectivity index (χ3n) is 3.02. The van der Waals surface area contributed by atoms with E-state index in [1.54, 1.807) is 11.3 Å². The molecule has 96 valence electrons. The van der Waals surface area contributed by atoms with E-state index in [1.807, 2.05) is 7.05 Å². The predicted molar refractivity (Wildman–Crippen MR) is 76.3 cm³/mol. The number of likely N-dealkylation sites (N-methyl/N-ethyl adjacent to an activating group) is 1. The van der Waals surface area contributed by atoms with Crippen LogP contribution in [0.2, 0.25) is 0 Å². The maximum atomic E-state index is 4.26. The lowest BCUT2D eigenvalue weighted by Crippen LogP contribution is -2.09. The normalized spacial score (nSPS) is 10.8. The Morgan fingerprint density at radius 2 is 1.89 bits per heavy atom. The molecule has 1 heterocycles. The molecule has 0 aliphatic heterocycles. The molecule has 1 N–H and O–H groups in total. The lowest BCUT2D eigenvalue weighted by atomic mass is 10.0. The Kier molecular flexibility index (Phi) is 4.44. The minimum atomic E-state index is 0.887. The first kappa shape index (κ1) is 13.2. The van der Waals surface area contributed by atoms with Gasteiger partial charge in [0.2, 0.25) is 0 Å². The molecule has 0 atom stereocenters. The van der Waals surface area contributed by atoms with Crippen LogP contribution in [0.25, 0.3) is 0 Å². The van der Waals surface area contributed by atoms with Gasteiger partial charge in [-0.15, -0.1) is 21.5 Å². The van der Waals surface area contributed by atoms with Crippen molar-refractivity contribution in [3.8, 4) is 0 Å². The van der Waals surface area contributed by atoms with E-state index in [0.29, 0.717) is 0 Å². The van der Waals surface area contributed by atoms with Crippen molar-refractivity contribution < 1.29 is 0 Å². The summed E-state index contributed by atoms with van der Waals surface area (Å²) in [5.74, 6) is 0. The molecule has 0 aliphatic carbocycles. The summed E-state index contributed by atoms with van der Waals surface area (Å²) in [7, 11) is 1.96. The molecular weight excluding hydrogens is 242 g/mol. The number of nitrogens with zero attached hydrogens (tertiary/aromatic N) is 2. The Morgan fingerprint density at radius 3 is 2.61 bits per heavy atom. The van der Waals surface area contributed by atoms with E-state index in [4.69, 9.17) is 0 Å². The SMILES string of the molecule is CNCCc1nnc(Cc2ccc(C)c(C)c2)s1. The lowest BCUT2D eigenvalue weighted by molar-refractivity contribution is 0.777. The van der Waals surface area contributed by atoms with E-state index >= 15 is 0 Å². The highest BCUT2D eigenvalue weighted by molar-refractivity contribution is 7.11. The fourth-order valence-corrected chi connectivity index (χ4v) is 2.66. The van der Waals surface area contributed by atoms with Crippen molar-refractivity contribution in [1.29, 1.82) is 0 Å². The van der Waals surface area contributed by atoms with Crippen molar-refractivity contribution in [3.63, 3.8) is 0 Å². The summed E-state index contributed by atoms with van der Waals surface area (Å²) in [4.78, 5) is 0. The standard InChI is InChI=1S/C14H19N3S/c1-10-4-5-12(8-11(10)2)9-14-17-16-13(18-14)6-7-15-3/h4-5,8,15H,6-7,9H2,1-3H3. The highest BCUT2D eigenvalue weighted by atomic mass is 32.1. The zero-order valence-corrected chi connectivity index (χ0v) is 12.0. The van der Waals surface area contributed by atoms with Crippen molar-refractivity contribution in [2.45, 2.75) is 26.7 Å². The van der Waals surface area contributed by atoms with Crippen LogP contribution < -0.4 is 5.32 Å². The van der Waals surface area contributed by atoms with E-state index in [2.05, 4.69) is 47.6 Å². The number of aromatic nitrogens is 2. The lowest BCUT2D eigenvalue weighted by Gasteiger charge is -2.02. The molecule has 0 radical (unpaired) electrons. The highest BCUT2D eigenvalue weighted by Gasteiger charge is 2.05. The molecule has 0 aliphatic rings. The summed E-state index contributed by atoms with van der Waals surface area (Å²) < 4.78 is 0. The van der Waals surface area contributed by atoms with Gasteiger partial charge in [-0.3, -0.25) is 0 Å². The third-order valence-corrected chi connectivity index (χ3v) is 4.01. The number of hydrogen-bond donors (Lipinski definition) is 1. The van der Waals surface area contributed by atoms with Crippen LogP contribution in [0, 0.1) is 13.8 Å². The molecule has 0 amide bonds. The van der Waals surface area contributed by atoms with Gasteiger partial charge in [0.25, 0.3) is 0 Å². The molecule has 0 unspecified atom stereocenters. The van der Waals surface area contributed by atoms with Crippen LogP contribution in [-0.2, 0) is 12.8 Å². The van der Waals surface area contributed by atoms with Gasteiger partial charge in [0.1, 0.15) is 10.0 Å². The molecule has 2 rings (SSSR count). The first-order valence-electron chi connectivity index (χ1n) is 6.21. The summed E-state index contributed by atoms with van der Waals surface area (Å²) in [6.07, 6.45) is 1.85. The predicted octanol–water partition coefficient (Wildman–Crippen LogP) is 2.51. The Morgan fingerprint density at radius 1 is 1.11 bits per heavy atom. The molecule has 1 aromatic carbocycles. The number of aryl methyl sites for hydroxylation is 2. The molecule has 0 spiro atoms. The van der Waals surface area contributed by atoms with Gasteiger partial charge in [0, 0.05) is 19.4 Å². The summed E-state index contributed by atoms with van der Waals surface area (Å²) in [6, 6.07) is 6.59. The topological polar surface area (TPSA) is 37.8 Å². The minimum Gasteiger partial charge on any atom is -0.319 e. The number of hydrogen-bond acceptors (Lipinski definition) is 4. The molecule has 2 aromatic rings. The van der Waals surface area contributed by atoms with Crippen molar-refractivity contribution >= 4 is 11.3 Å². The Labute approximate surface area is 112 Å². The quantitative estimate of drug-likeness (QED) is 0.898. The molecule has 18 heavy (non-hydrogen) atoms. The third kappa shape index (κ3) is 3.37. The first-order valence-corrected chi connectivity index (χ1v) is 7.02. The van der Waals surface area contributed by atoms with Crippen LogP contribution in [0.1, 0.15) is 26.7 Å². The van der Waals surface area contributed by atoms with Gasteiger partial charge < -0.3 is 5.32 Å². The van der Waals surface area contributed by atoms with Gasteiger partial charge in [0.05, 0.1) is 0 Å². The molecule has 4 heteroatoms. The second-order valence-corrected chi connectivity index (χ2v) is 5.69. The molecule has 1 aromatic heterocycles. The molecule has 0 bridgehead atoms. The Hall–Kier alpha value is -1.26. The fourth-order valence-electron chi connectivity index (χ4n) is 1.78. The maximum absolute atomic E-state index is 4.26. The van der Waals surface area contributed by atoms with Crippen LogP contribution >= 0.6 is 11.3 Å². The first-order chi connectivity index (χ1) is 8.69. The molecule has 3 nitrogen and oxygen atoms in total. The van der Waals surface area contributed by atoms with Crippen LogP contribution in [0.15, 0.2) is 18.2 Å². The molecule has 0 fully saturated rings. The van der Waals surface area contributed by atoms with Crippen LogP contribution in [0.3, 0.4) is 0 Å².